The first-order chi connectivity index (χ1) is 24.7. The van der Waals surface area contributed by atoms with Crippen LogP contribution in [0.1, 0.15) is 205 Å². The van der Waals surface area contributed by atoms with E-state index in [2.05, 4.69) is 23.8 Å². The van der Waals surface area contributed by atoms with Crippen molar-refractivity contribution in [3.05, 3.63) is 59.7 Å². The molecule has 2 aromatic carbocycles. The Balaban J connectivity index is 0.000000962. The molecule has 2 aromatic rings. The van der Waals surface area contributed by atoms with Gasteiger partial charge < -0.3 is 10.2 Å². The Labute approximate surface area is 326 Å². The van der Waals surface area contributed by atoms with E-state index in [1.165, 1.54) is 167 Å². The van der Waals surface area contributed by atoms with Crippen LogP contribution in [-0.4, -0.2) is 25.5 Å². The summed E-state index contributed by atoms with van der Waals surface area (Å²) in [6.45, 7) is 6.24. The third-order valence-corrected chi connectivity index (χ3v) is 9.58. The average molecular weight is 753 g/mol. The third-order valence-electron chi connectivity index (χ3n) is 9.58. The summed E-state index contributed by atoms with van der Waals surface area (Å²) >= 11 is 0. The van der Waals surface area contributed by atoms with Gasteiger partial charge in [-0.05, 0) is 24.0 Å². The molecule has 0 fully saturated rings. The van der Waals surface area contributed by atoms with E-state index in [9.17, 15) is 10.2 Å². The van der Waals surface area contributed by atoms with Gasteiger partial charge in [0, 0.05) is 25.5 Å². The van der Waals surface area contributed by atoms with Crippen LogP contribution in [0, 0.1) is 0 Å². The monoisotopic (exact) mass is 752 g/mol. The summed E-state index contributed by atoms with van der Waals surface area (Å²) in [5.41, 5.74) is 1.40. The van der Waals surface area contributed by atoms with Crippen LogP contribution in [0.3, 0.4) is 0 Å². The SMILES string of the molecule is CCCCCCCCCCCCCCCCN=Cc1ccccc1[O-].CCCCCCCCCCCCCCCCN=Cc1ccccc1[O-].[Cu+2]. The van der Waals surface area contributed by atoms with Crippen molar-refractivity contribution in [1.29, 1.82) is 0 Å². The van der Waals surface area contributed by atoms with Crippen molar-refractivity contribution in [2.45, 2.75) is 194 Å². The molecule has 0 amide bonds. The summed E-state index contributed by atoms with van der Waals surface area (Å²) in [6, 6.07) is 14.2. The van der Waals surface area contributed by atoms with Gasteiger partial charge in [-0.1, -0.05) is 229 Å². The molecule has 0 spiro atoms. The van der Waals surface area contributed by atoms with Gasteiger partial charge >= 0.3 is 17.1 Å². The largest absolute Gasteiger partial charge is 2.00 e. The summed E-state index contributed by atoms with van der Waals surface area (Å²) in [5.74, 6) is 0.124. The topological polar surface area (TPSA) is 70.8 Å². The zero-order valence-electron chi connectivity index (χ0n) is 33.0. The van der Waals surface area contributed by atoms with E-state index < -0.39 is 0 Å². The Morgan fingerprint density at radius 1 is 0.373 bits per heavy atom. The fraction of sp³-hybridized carbons (Fsp3) is 0.696. The minimum atomic E-state index is 0. The molecule has 293 valence electrons. The molecule has 0 bridgehead atoms. The molecule has 0 heterocycles. The van der Waals surface area contributed by atoms with Crippen LogP contribution in [0.5, 0.6) is 11.5 Å². The predicted octanol–water partition coefficient (Wildman–Crippen LogP) is 13.3. The maximum atomic E-state index is 11.5. The molecule has 0 unspecified atom stereocenters. The molecule has 0 aliphatic carbocycles. The number of hydrogen-bond donors (Lipinski definition) is 0. The van der Waals surface area contributed by atoms with Gasteiger partial charge in [0.1, 0.15) is 0 Å². The summed E-state index contributed by atoms with van der Waals surface area (Å²) < 4.78 is 0. The molecular weight excluding hydrogens is 676 g/mol. The van der Waals surface area contributed by atoms with Crippen molar-refractivity contribution >= 4 is 12.4 Å². The number of aliphatic imine (C=N–C) groups is 2. The fourth-order valence-corrected chi connectivity index (χ4v) is 6.30. The van der Waals surface area contributed by atoms with Crippen LogP contribution in [0.25, 0.3) is 0 Å². The van der Waals surface area contributed by atoms with Gasteiger partial charge in [0.25, 0.3) is 0 Å². The molecule has 51 heavy (non-hydrogen) atoms. The first kappa shape index (κ1) is 48.9. The summed E-state index contributed by atoms with van der Waals surface area (Å²) in [4.78, 5) is 8.74. The second-order valence-electron chi connectivity index (χ2n) is 14.3. The number of unbranched alkanes of at least 4 members (excludes halogenated alkanes) is 26. The molecule has 0 N–H and O–H groups in total. The third kappa shape index (κ3) is 32.3. The van der Waals surface area contributed by atoms with E-state index in [1.807, 2.05) is 24.3 Å². The summed E-state index contributed by atoms with van der Waals surface area (Å²) in [6.07, 6.45) is 42.0. The van der Waals surface area contributed by atoms with Crippen LogP contribution >= 0.6 is 0 Å². The Morgan fingerprint density at radius 2 is 0.608 bits per heavy atom. The molecule has 5 heteroatoms. The first-order valence-electron chi connectivity index (χ1n) is 21.2. The average Bonchev–Trinajstić information content (AvgIpc) is 3.13. The van der Waals surface area contributed by atoms with Gasteiger partial charge in [0.05, 0.1) is 0 Å². The zero-order chi connectivity index (χ0) is 36.0. The van der Waals surface area contributed by atoms with Crippen molar-refractivity contribution in [1.82, 2.24) is 0 Å². The maximum Gasteiger partial charge on any atom is 2.00 e. The van der Waals surface area contributed by atoms with Gasteiger partial charge in [0.15, 0.2) is 0 Å². The Bertz CT molecular complexity index is 974. The predicted molar refractivity (Wildman–Crippen MR) is 217 cm³/mol. The number of nitrogens with zero attached hydrogens (tertiary/aromatic N) is 2. The van der Waals surface area contributed by atoms with Crippen molar-refractivity contribution in [3.8, 4) is 11.5 Å². The van der Waals surface area contributed by atoms with E-state index in [0.717, 1.165) is 25.9 Å². The molecule has 0 aliphatic rings. The normalized spacial score (nSPS) is 11.2. The van der Waals surface area contributed by atoms with Gasteiger partial charge in [0.2, 0.25) is 0 Å². The van der Waals surface area contributed by atoms with Crippen molar-refractivity contribution in [2.75, 3.05) is 13.1 Å². The molecule has 0 aliphatic heterocycles. The van der Waals surface area contributed by atoms with Crippen LogP contribution < -0.4 is 10.2 Å². The van der Waals surface area contributed by atoms with Gasteiger partial charge in [-0.15, -0.1) is 11.5 Å². The second kappa shape index (κ2) is 39.1. The van der Waals surface area contributed by atoms with Crippen LogP contribution in [-0.2, 0) is 17.1 Å². The molecule has 1 radical (unpaired) electrons. The molecule has 4 nitrogen and oxygen atoms in total. The van der Waals surface area contributed by atoms with Crippen LogP contribution in [0.4, 0.5) is 0 Å². The molecule has 2 rings (SSSR count). The Kier molecular flexibility index (Phi) is 37.5. The number of hydrogen-bond acceptors (Lipinski definition) is 4. The summed E-state index contributed by atoms with van der Waals surface area (Å²) in [7, 11) is 0. The molecule has 0 saturated heterocycles. The van der Waals surface area contributed by atoms with E-state index in [0.29, 0.717) is 11.1 Å². The standard InChI is InChI=1S/2C23H39NO.Cu/c2*1-2-3-4-5-6-7-8-9-10-11-12-13-14-17-20-24-21-22-18-15-16-19-23(22)25;/h2*15-16,18-19,21,25H,2-14,17,20H2,1H3;/q;;+2/p-2. The van der Waals surface area contributed by atoms with E-state index in [1.54, 1.807) is 36.7 Å². The van der Waals surface area contributed by atoms with Gasteiger partial charge in [-0.2, -0.15) is 0 Å². The van der Waals surface area contributed by atoms with Gasteiger partial charge in [-0.25, -0.2) is 0 Å². The van der Waals surface area contributed by atoms with E-state index in [4.69, 9.17) is 0 Å². The smallest absolute Gasteiger partial charge is 0.872 e. The van der Waals surface area contributed by atoms with Crippen molar-refractivity contribution < 1.29 is 27.3 Å². The van der Waals surface area contributed by atoms with Crippen LogP contribution in [0.2, 0.25) is 0 Å². The summed E-state index contributed by atoms with van der Waals surface area (Å²) in [5, 5.41) is 23.0. The minimum Gasteiger partial charge on any atom is -0.872 e. The number of rotatable bonds is 32. The molecule has 0 atom stereocenters. The Hall–Kier alpha value is -2.10. The molecule has 0 aromatic heterocycles. The van der Waals surface area contributed by atoms with Crippen molar-refractivity contribution in [2.24, 2.45) is 9.98 Å². The maximum absolute atomic E-state index is 11.5. The van der Waals surface area contributed by atoms with E-state index in [-0.39, 0.29) is 28.6 Å². The first-order valence-corrected chi connectivity index (χ1v) is 21.2. The van der Waals surface area contributed by atoms with E-state index >= 15 is 0 Å². The fourth-order valence-electron chi connectivity index (χ4n) is 6.30. The zero-order valence-corrected chi connectivity index (χ0v) is 33.9. The quantitative estimate of drug-likeness (QED) is 0.0424. The number of benzene rings is 2. The molecular formula is C46H76CuN2O2. The Morgan fingerprint density at radius 3 is 0.863 bits per heavy atom. The number of para-hydroxylation sites is 2. The minimum absolute atomic E-state index is 0. The second-order valence-corrected chi connectivity index (χ2v) is 14.3. The van der Waals surface area contributed by atoms with Gasteiger partial charge in [-0.3, -0.25) is 9.98 Å². The van der Waals surface area contributed by atoms with Crippen LogP contribution in [0.15, 0.2) is 58.5 Å². The van der Waals surface area contributed by atoms with Crippen molar-refractivity contribution in [3.63, 3.8) is 0 Å². The molecule has 0 saturated carbocycles.